The number of carbonyl (C=O) groups is 3. The highest BCUT2D eigenvalue weighted by molar-refractivity contribution is 5.92. The van der Waals surface area contributed by atoms with Crippen molar-refractivity contribution < 1.29 is 14.4 Å². The fraction of sp³-hybridized carbons (Fsp3) is 0.250. The molecule has 0 saturated heterocycles. The Bertz CT molecular complexity index is 765. The second kappa shape index (κ2) is 10.1. The molecular formula is C20H24N4O3. The second-order valence-corrected chi connectivity index (χ2v) is 6.17. The number of nitrogens with one attached hydrogen (secondary N) is 2. The van der Waals surface area contributed by atoms with E-state index in [9.17, 15) is 14.4 Å². The quantitative estimate of drug-likeness (QED) is 0.492. The van der Waals surface area contributed by atoms with Gasteiger partial charge in [0.05, 0.1) is 6.54 Å². The molecule has 2 atom stereocenters. The standard InChI is InChI=1S/C20H24N4O3/c21-13-18(25)23-17(12-15-9-5-2-6-10-15)20(27)24-16(19(22)26)11-14-7-3-1-4-8-14/h1-10,16-17H,11-13,21H2,(H2,22,26)(H,23,25)(H,24,27). The van der Waals surface area contributed by atoms with Crippen LogP contribution < -0.4 is 22.1 Å². The number of amides is 3. The van der Waals surface area contributed by atoms with Crippen LogP contribution in [0.15, 0.2) is 60.7 Å². The van der Waals surface area contributed by atoms with Crippen molar-refractivity contribution in [2.24, 2.45) is 11.5 Å². The van der Waals surface area contributed by atoms with Crippen LogP contribution in [0, 0.1) is 0 Å². The Morgan fingerprint density at radius 2 is 1.26 bits per heavy atom. The third-order valence-electron chi connectivity index (χ3n) is 4.06. The number of benzene rings is 2. The van der Waals surface area contributed by atoms with Gasteiger partial charge in [-0.2, -0.15) is 0 Å². The summed E-state index contributed by atoms with van der Waals surface area (Å²) in [5.41, 5.74) is 12.5. The summed E-state index contributed by atoms with van der Waals surface area (Å²) >= 11 is 0. The van der Waals surface area contributed by atoms with Crippen molar-refractivity contribution in [3.05, 3.63) is 71.8 Å². The second-order valence-electron chi connectivity index (χ2n) is 6.17. The lowest BCUT2D eigenvalue weighted by Crippen LogP contribution is -2.55. The molecule has 0 aromatic heterocycles. The van der Waals surface area contributed by atoms with Crippen LogP contribution in [0.2, 0.25) is 0 Å². The first-order valence-electron chi connectivity index (χ1n) is 8.66. The van der Waals surface area contributed by atoms with Gasteiger partial charge in [-0.3, -0.25) is 14.4 Å². The molecule has 0 aliphatic carbocycles. The molecule has 0 fully saturated rings. The average molecular weight is 368 g/mol. The average Bonchev–Trinajstić information content (AvgIpc) is 2.68. The number of nitrogens with two attached hydrogens (primary N) is 2. The molecule has 0 radical (unpaired) electrons. The van der Waals surface area contributed by atoms with Crippen LogP contribution in [0.1, 0.15) is 11.1 Å². The van der Waals surface area contributed by atoms with Crippen molar-refractivity contribution in [1.82, 2.24) is 10.6 Å². The first-order chi connectivity index (χ1) is 13.0. The summed E-state index contributed by atoms with van der Waals surface area (Å²) in [7, 11) is 0. The van der Waals surface area contributed by atoms with Crippen molar-refractivity contribution >= 4 is 17.7 Å². The summed E-state index contributed by atoms with van der Waals surface area (Å²) < 4.78 is 0. The lowest BCUT2D eigenvalue weighted by Gasteiger charge is -2.22. The maximum Gasteiger partial charge on any atom is 0.243 e. The summed E-state index contributed by atoms with van der Waals surface area (Å²) in [5, 5.41) is 5.24. The van der Waals surface area contributed by atoms with Gasteiger partial charge in [0.25, 0.3) is 0 Å². The van der Waals surface area contributed by atoms with Crippen LogP contribution in [-0.2, 0) is 27.2 Å². The predicted molar refractivity (Wildman–Crippen MR) is 102 cm³/mol. The molecule has 0 aliphatic rings. The van der Waals surface area contributed by atoms with Crippen LogP contribution in [0.3, 0.4) is 0 Å². The van der Waals surface area contributed by atoms with Gasteiger partial charge in [0, 0.05) is 12.8 Å². The first kappa shape index (κ1) is 20.1. The van der Waals surface area contributed by atoms with E-state index < -0.39 is 29.8 Å². The monoisotopic (exact) mass is 368 g/mol. The van der Waals surface area contributed by atoms with Crippen LogP contribution in [0.4, 0.5) is 0 Å². The van der Waals surface area contributed by atoms with Gasteiger partial charge < -0.3 is 22.1 Å². The van der Waals surface area contributed by atoms with E-state index in [-0.39, 0.29) is 19.4 Å². The minimum Gasteiger partial charge on any atom is -0.368 e. The number of primary amides is 1. The van der Waals surface area contributed by atoms with Crippen LogP contribution in [-0.4, -0.2) is 36.3 Å². The highest BCUT2D eigenvalue weighted by Gasteiger charge is 2.25. The largest absolute Gasteiger partial charge is 0.368 e. The molecular weight excluding hydrogens is 344 g/mol. The zero-order chi connectivity index (χ0) is 19.6. The molecule has 6 N–H and O–H groups in total. The zero-order valence-electron chi connectivity index (χ0n) is 14.9. The number of hydrogen-bond donors (Lipinski definition) is 4. The van der Waals surface area contributed by atoms with Crippen molar-refractivity contribution in [3.63, 3.8) is 0 Å². The summed E-state index contributed by atoms with van der Waals surface area (Å²) in [4.78, 5) is 36.2. The fourth-order valence-electron chi connectivity index (χ4n) is 2.66. The van der Waals surface area contributed by atoms with E-state index in [4.69, 9.17) is 11.5 Å². The van der Waals surface area contributed by atoms with Gasteiger partial charge in [-0.1, -0.05) is 60.7 Å². The predicted octanol–water partition coefficient (Wildman–Crippen LogP) is -0.115. The molecule has 27 heavy (non-hydrogen) atoms. The molecule has 2 aromatic carbocycles. The molecule has 2 aromatic rings. The Kier molecular flexibility index (Phi) is 7.51. The molecule has 7 heteroatoms. The van der Waals surface area contributed by atoms with E-state index in [0.717, 1.165) is 11.1 Å². The first-order valence-corrected chi connectivity index (χ1v) is 8.66. The Morgan fingerprint density at radius 3 is 1.70 bits per heavy atom. The lowest BCUT2D eigenvalue weighted by atomic mass is 10.0. The fourth-order valence-corrected chi connectivity index (χ4v) is 2.66. The van der Waals surface area contributed by atoms with E-state index in [1.54, 1.807) is 0 Å². The SMILES string of the molecule is NCC(=O)NC(Cc1ccccc1)C(=O)NC(Cc1ccccc1)C(N)=O. The summed E-state index contributed by atoms with van der Waals surface area (Å²) in [5.74, 6) is -1.58. The molecule has 3 amide bonds. The normalized spacial score (nSPS) is 12.6. The Morgan fingerprint density at radius 1 is 0.778 bits per heavy atom. The van der Waals surface area contributed by atoms with Crippen LogP contribution in [0.5, 0.6) is 0 Å². The highest BCUT2D eigenvalue weighted by Crippen LogP contribution is 2.06. The van der Waals surface area contributed by atoms with Crippen LogP contribution >= 0.6 is 0 Å². The number of carbonyl (C=O) groups excluding carboxylic acids is 3. The zero-order valence-corrected chi connectivity index (χ0v) is 14.9. The maximum absolute atomic E-state index is 12.7. The molecule has 142 valence electrons. The highest BCUT2D eigenvalue weighted by atomic mass is 16.2. The lowest BCUT2D eigenvalue weighted by molar-refractivity contribution is -0.131. The van der Waals surface area contributed by atoms with Gasteiger partial charge >= 0.3 is 0 Å². The molecule has 0 heterocycles. The van der Waals surface area contributed by atoms with Gasteiger partial charge in [0.1, 0.15) is 12.1 Å². The van der Waals surface area contributed by atoms with Gasteiger partial charge in [0.15, 0.2) is 0 Å². The minimum atomic E-state index is -0.882. The molecule has 0 aliphatic heterocycles. The Hall–Kier alpha value is -3.19. The molecule has 0 saturated carbocycles. The Labute approximate surface area is 158 Å². The third kappa shape index (κ3) is 6.56. The van der Waals surface area contributed by atoms with Crippen molar-refractivity contribution in [1.29, 1.82) is 0 Å². The molecule has 2 rings (SSSR count). The Balaban J connectivity index is 2.11. The van der Waals surface area contributed by atoms with Gasteiger partial charge in [-0.05, 0) is 11.1 Å². The smallest absolute Gasteiger partial charge is 0.243 e. The van der Waals surface area contributed by atoms with Crippen molar-refractivity contribution in [2.75, 3.05) is 6.54 Å². The minimum absolute atomic E-state index is 0.234. The number of hydrogen-bond acceptors (Lipinski definition) is 4. The van der Waals surface area contributed by atoms with E-state index in [1.165, 1.54) is 0 Å². The summed E-state index contributed by atoms with van der Waals surface area (Å²) in [6.07, 6.45) is 0.542. The van der Waals surface area contributed by atoms with E-state index in [2.05, 4.69) is 10.6 Å². The summed E-state index contributed by atoms with van der Waals surface area (Å²) in [6, 6.07) is 16.7. The van der Waals surface area contributed by atoms with Gasteiger partial charge in [-0.15, -0.1) is 0 Å². The van der Waals surface area contributed by atoms with Crippen molar-refractivity contribution in [3.8, 4) is 0 Å². The van der Waals surface area contributed by atoms with Crippen molar-refractivity contribution in [2.45, 2.75) is 24.9 Å². The number of rotatable bonds is 9. The molecule has 7 nitrogen and oxygen atoms in total. The van der Waals surface area contributed by atoms with Gasteiger partial charge in [-0.25, -0.2) is 0 Å². The maximum atomic E-state index is 12.7. The van der Waals surface area contributed by atoms with Gasteiger partial charge in [0.2, 0.25) is 17.7 Å². The molecule has 0 bridgehead atoms. The van der Waals surface area contributed by atoms with E-state index >= 15 is 0 Å². The summed E-state index contributed by atoms with van der Waals surface area (Å²) in [6.45, 7) is -0.234. The topological polar surface area (TPSA) is 127 Å². The van der Waals surface area contributed by atoms with Crippen LogP contribution in [0.25, 0.3) is 0 Å². The molecule has 2 unspecified atom stereocenters. The molecule has 0 spiro atoms. The third-order valence-corrected chi connectivity index (χ3v) is 4.06. The van der Waals surface area contributed by atoms with E-state index in [0.29, 0.717) is 0 Å². The van der Waals surface area contributed by atoms with E-state index in [1.807, 2.05) is 60.7 Å².